The van der Waals surface area contributed by atoms with Crippen molar-refractivity contribution in [1.82, 2.24) is 4.98 Å². The fraction of sp³-hybridized carbons (Fsp3) is 0.258. The van der Waals surface area contributed by atoms with Crippen LogP contribution in [0.5, 0.6) is 11.5 Å². The van der Waals surface area contributed by atoms with Crippen LogP contribution in [0.25, 0.3) is 16.0 Å². The number of benzene rings is 3. The lowest BCUT2D eigenvalue weighted by Gasteiger charge is -2.24. The van der Waals surface area contributed by atoms with E-state index in [0.717, 1.165) is 35.3 Å². The zero-order valence-electron chi connectivity index (χ0n) is 22.7. The van der Waals surface area contributed by atoms with Crippen LogP contribution in [0.2, 0.25) is 0 Å². The van der Waals surface area contributed by atoms with Gasteiger partial charge in [-0.2, -0.15) is 0 Å². The first-order valence-corrected chi connectivity index (χ1v) is 13.8. The number of aromatic nitrogens is 1. The minimum absolute atomic E-state index is 0.0640. The van der Waals surface area contributed by atoms with Gasteiger partial charge in [0.05, 0.1) is 35.5 Å². The topological polar surface area (TPSA) is 89.0 Å². The Labute approximate surface area is 235 Å². The monoisotopic (exact) mass is 560 g/mol. The van der Waals surface area contributed by atoms with E-state index in [1.807, 2.05) is 26.0 Å². The van der Waals surface area contributed by atoms with Gasteiger partial charge in [0.15, 0.2) is 16.6 Å². The van der Waals surface area contributed by atoms with Crippen LogP contribution in [0.3, 0.4) is 0 Å². The van der Waals surface area contributed by atoms with Crippen molar-refractivity contribution in [2.24, 2.45) is 0 Å². The maximum absolute atomic E-state index is 13.9. The number of carbonyl (C=O) groups excluding carboxylic acids is 2. The van der Waals surface area contributed by atoms with Gasteiger partial charge in [-0.3, -0.25) is 14.5 Å². The number of Topliss-reactive ketones (excluding diaryl/α,β-unsaturated/α-hetero) is 1. The standard InChI is InChI=1S/C31H29FN2O5S/c1-5-6-13-39-23-12-9-19(15-24(23)38-4)27-26(28(35)21-14-17(2)7-8-18(21)3)29(36)30(37)34(27)31-33-22-11-10-20(32)16-25(22)40-31/h7-12,14-16,27,35H,5-6,13H2,1-4H3. The van der Waals surface area contributed by atoms with E-state index in [1.165, 1.54) is 30.2 Å². The van der Waals surface area contributed by atoms with Crippen molar-refractivity contribution in [2.75, 3.05) is 18.6 Å². The Morgan fingerprint density at radius 1 is 1.07 bits per heavy atom. The molecule has 1 aromatic heterocycles. The first-order valence-electron chi connectivity index (χ1n) is 13.0. The third-order valence-corrected chi connectivity index (χ3v) is 7.91. The predicted molar refractivity (Wildman–Crippen MR) is 154 cm³/mol. The Kier molecular flexibility index (Phi) is 7.58. The first-order chi connectivity index (χ1) is 19.2. The molecule has 1 fully saturated rings. The number of anilines is 1. The summed E-state index contributed by atoms with van der Waals surface area (Å²) in [5.41, 5.74) is 3.05. The molecule has 0 bridgehead atoms. The summed E-state index contributed by atoms with van der Waals surface area (Å²) in [5, 5.41) is 11.8. The van der Waals surface area contributed by atoms with E-state index in [2.05, 4.69) is 11.9 Å². The van der Waals surface area contributed by atoms with Gasteiger partial charge in [0.2, 0.25) is 0 Å². The molecule has 7 nitrogen and oxygen atoms in total. The molecular weight excluding hydrogens is 531 g/mol. The molecule has 2 heterocycles. The number of rotatable bonds is 8. The van der Waals surface area contributed by atoms with Crippen molar-refractivity contribution in [1.29, 1.82) is 0 Å². The highest BCUT2D eigenvalue weighted by molar-refractivity contribution is 7.22. The van der Waals surface area contributed by atoms with Crippen molar-refractivity contribution < 1.29 is 28.6 Å². The second kappa shape index (κ2) is 11.1. The number of carbonyl (C=O) groups is 2. The van der Waals surface area contributed by atoms with Crippen molar-refractivity contribution >= 4 is 44.1 Å². The summed E-state index contributed by atoms with van der Waals surface area (Å²) in [4.78, 5) is 33.0. The van der Waals surface area contributed by atoms with E-state index in [1.54, 1.807) is 24.3 Å². The number of hydrogen-bond donors (Lipinski definition) is 1. The summed E-state index contributed by atoms with van der Waals surface area (Å²) >= 11 is 1.10. The highest BCUT2D eigenvalue weighted by Crippen LogP contribution is 2.46. The minimum atomic E-state index is -1.01. The second-order valence-corrected chi connectivity index (χ2v) is 10.7. The van der Waals surface area contributed by atoms with Crippen LogP contribution in [0.15, 0.2) is 60.2 Å². The van der Waals surface area contributed by atoms with Crippen LogP contribution in [0.1, 0.15) is 48.1 Å². The molecule has 1 N–H and O–H groups in total. The normalized spacial score (nSPS) is 16.6. The molecule has 5 rings (SSSR count). The number of methoxy groups -OCH3 is 1. The van der Waals surface area contributed by atoms with E-state index in [4.69, 9.17) is 9.47 Å². The Bertz CT molecular complexity index is 1660. The summed E-state index contributed by atoms with van der Waals surface area (Å²) in [6.07, 6.45) is 1.85. The zero-order chi connectivity index (χ0) is 28.6. The third-order valence-electron chi connectivity index (χ3n) is 6.90. The molecule has 206 valence electrons. The Morgan fingerprint density at radius 2 is 1.88 bits per heavy atom. The molecule has 1 aliphatic rings. The summed E-state index contributed by atoms with van der Waals surface area (Å²) in [7, 11) is 1.51. The van der Waals surface area contributed by atoms with Crippen LogP contribution in [0.4, 0.5) is 9.52 Å². The van der Waals surface area contributed by atoms with Gasteiger partial charge in [0.25, 0.3) is 5.78 Å². The number of aryl methyl sites for hydroxylation is 2. The molecule has 9 heteroatoms. The van der Waals surface area contributed by atoms with Crippen molar-refractivity contribution in [2.45, 2.75) is 39.7 Å². The lowest BCUT2D eigenvalue weighted by molar-refractivity contribution is -0.132. The van der Waals surface area contributed by atoms with E-state index in [0.29, 0.717) is 39.4 Å². The minimum Gasteiger partial charge on any atom is -0.507 e. The number of ketones is 1. The van der Waals surface area contributed by atoms with Gasteiger partial charge in [-0.1, -0.05) is 48.4 Å². The highest BCUT2D eigenvalue weighted by Gasteiger charge is 2.48. The molecule has 0 saturated carbocycles. The number of fused-ring (bicyclic) bond motifs is 1. The molecule has 40 heavy (non-hydrogen) atoms. The van der Waals surface area contributed by atoms with Crippen molar-refractivity contribution in [3.8, 4) is 11.5 Å². The lowest BCUT2D eigenvalue weighted by Crippen LogP contribution is -2.29. The maximum atomic E-state index is 13.9. The number of halogens is 1. The molecule has 1 saturated heterocycles. The van der Waals surface area contributed by atoms with Crippen molar-refractivity contribution in [3.63, 3.8) is 0 Å². The quantitative estimate of drug-likeness (QED) is 0.110. The van der Waals surface area contributed by atoms with Gasteiger partial charge in [-0.05, 0) is 67.8 Å². The first kappa shape index (κ1) is 27.3. The van der Waals surface area contributed by atoms with Gasteiger partial charge in [-0.25, -0.2) is 9.37 Å². The molecule has 1 aliphatic heterocycles. The molecule has 3 aromatic carbocycles. The van der Waals surface area contributed by atoms with Crippen LogP contribution in [0, 0.1) is 19.7 Å². The van der Waals surface area contributed by atoms with Crippen molar-refractivity contribution in [3.05, 3.63) is 88.2 Å². The average Bonchev–Trinajstić information content (AvgIpc) is 3.47. The van der Waals surface area contributed by atoms with Gasteiger partial charge in [-0.15, -0.1) is 0 Å². The highest BCUT2D eigenvalue weighted by atomic mass is 32.1. The molecule has 1 amide bonds. The molecule has 0 aliphatic carbocycles. The Balaban J connectivity index is 1.71. The van der Waals surface area contributed by atoms with Gasteiger partial charge >= 0.3 is 5.91 Å². The number of ether oxygens (including phenoxy) is 2. The molecule has 0 radical (unpaired) electrons. The van der Waals surface area contributed by atoms with Crippen LogP contribution in [-0.4, -0.2) is 35.5 Å². The SMILES string of the molecule is CCCCOc1ccc(C2C(=C(O)c3cc(C)ccc3C)C(=O)C(=O)N2c2nc3ccc(F)cc3s2)cc1OC. The largest absolute Gasteiger partial charge is 0.507 e. The average molecular weight is 561 g/mol. The fourth-order valence-corrected chi connectivity index (χ4v) is 5.79. The summed E-state index contributed by atoms with van der Waals surface area (Å²) < 4.78 is 26.0. The van der Waals surface area contributed by atoms with E-state index < -0.39 is 23.5 Å². The number of hydrogen-bond acceptors (Lipinski definition) is 7. The van der Waals surface area contributed by atoms with E-state index >= 15 is 0 Å². The van der Waals surface area contributed by atoms with Crippen LogP contribution < -0.4 is 14.4 Å². The van der Waals surface area contributed by atoms with E-state index in [-0.39, 0.29) is 16.5 Å². The van der Waals surface area contributed by atoms with Gasteiger partial charge in [0.1, 0.15) is 11.6 Å². The zero-order valence-corrected chi connectivity index (χ0v) is 23.5. The number of aliphatic hydroxyl groups excluding tert-OH is 1. The number of aliphatic hydroxyl groups is 1. The third kappa shape index (κ3) is 4.93. The molecule has 4 aromatic rings. The molecule has 0 spiro atoms. The molecular formula is C31H29FN2O5S. The molecule has 1 unspecified atom stereocenters. The van der Waals surface area contributed by atoms with Crippen LogP contribution in [-0.2, 0) is 9.59 Å². The fourth-order valence-electron chi connectivity index (χ4n) is 4.77. The van der Waals surface area contributed by atoms with E-state index in [9.17, 15) is 19.1 Å². The van der Waals surface area contributed by atoms with Gasteiger partial charge in [0, 0.05) is 5.56 Å². The Hall–Kier alpha value is -4.24. The van der Waals surface area contributed by atoms with Crippen LogP contribution >= 0.6 is 11.3 Å². The summed E-state index contributed by atoms with van der Waals surface area (Å²) in [5.74, 6) is -1.42. The Morgan fingerprint density at radius 3 is 2.62 bits per heavy atom. The number of amides is 1. The number of nitrogens with zero attached hydrogens (tertiary/aromatic N) is 2. The van der Waals surface area contributed by atoms with Gasteiger partial charge < -0.3 is 14.6 Å². The second-order valence-electron chi connectivity index (χ2n) is 9.71. The predicted octanol–water partition coefficient (Wildman–Crippen LogP) is 6.87. The number of thiazole rings is 1. The summed E-state index contributed by atoms with van der Waals surface area (Å²) in [6, 6.07) is 13.9. The molecule has 1 atom stereocenters. The lowest BCUT2D eigenvalue weighted by atomic mass is 9.93. The maximum Gasteiger partial charge on any atom is 0.301 e. The summed E-state index contributed by atoms with van der Waals surface area (Å²) in [6.45, 7) is 6.29. The number of unbranched alkanes of at least 4 members (excludes halogenated alkanes) is 1. The smallest absolute Gasteiger partial charge is 0.301 e.